The number of ether oxygens (including phenoxy) is 1. The number of nitrogens with zero attached hydrogens (tertiary/aromatic N) is 3. The highest BCUT2D eigenvalue weighted by Gasteiger charge is 2.24. The van der Waals surface area contributed by atoms with Gasteiger partial charge in [0.15, 0.2) is 0 Å². The van der Waals surface area contributed by atoms with Crippen LogP contribution in [0.25, 0.3) is 0 Å². The van der Waals surface area contributed by atoms with Gasteiger partial charge in [0.05, 0.1) is 13.2 Å². The Bertz CT molecular complexity index is 387. The summed E-state index contributed by atoms with van der Waals surface area (Å²) in [6.07, 6.45) is 3.11. The molecule has 0 aliphatic carbocycles. The van der Waals surface area contributed by atoms with Gasteiger partial charge < -0.3 is 19.4 Å². The summed E-state index contributed by atoms with van der Waals surface area (Å²) in [5, 5.41) is 0. The van der Waals surface area contributed by atoms with Crippen LogP contribution in [-0.2, 0) is 14.3 Å². The molecule has 2 amide bonds. The third-order valence-corrected chi connectivity index (χ3v) is 4.33. The molecular weight excluding hydrogens is 282 g/mol. The second-order valence-corrected chi connectivity index (χ2v) is 6.63. The van der Waals surface area contributed by atoms with E-state index < -0.39 is 0 Å². The number of carbonyl (C=O) groups excluding carboxylic acids is 2. The summed E-state index contributed by atoms with van der Waals surface area (Å²) < 4.78 is 5.61. The number of hydrogen-bond acceptors (Lipinski definition) is 4. The minimum absolute atomic E-state index is 0.146. The molecule has 22 heavy (non-hydrogen) atoms. The van der Waals surface area contributed by atoms with E-state index >= 15 is 0 Å². The van der Waals surface area contributed by atoms with E-state index in [9.17, 15) is 9.59 Å². The molecule has 2 aliphatic rings. The second kappa shape index (κ2) is 8.48. The highest BCUT2D eigenvalue weighted by molar-refractivity contribution is 5.79. The molecule has 126 valence electrons. The van der Waals surface area contributed by atoms with E-state index in [-0.39, 0.29) is 11.8 Å². The van der Waals surface area contributed by atoms with Gasteiger partial charge in [-0.05, 0) is 26.9 Å². The lowest BCUT2D eigenvalue weighted by Gasteiger charge is -2.29. The van der Waals surface area contributed by atoms with Crippen LogP contribution in [0.2, 0.25) is 0 Å². The zero-order chi connectivity index (χ0) is 15.9. The predicted molar refractivity (Wildman–Crippen MR) is 84.5 cm³/mol. The fourth-order valence-corrected chi connectivity index (χ4v) is 3.22. The maximum atomic E-state index is 12.5. The lowest BCUT2D eigenvalue weighted by molar-refractivity contribution is -0.136. The Balaban J connectivity index is 1.80. The number of amides is 2. The Morgan fingerprint density at radius 2 is 2.14 bits per heavy atom. The van der Waals surface area contributed by atoms with Crippen LogP contribution in [0.3, 0.4) is 0 Å². The monoisotopic (exact) mass is 311 g/mol. The van der Waals surface area contributed by atoms with E-state index in [1.165, 1.54) is 0 Å². The Hall–Kier alpha value is -1.14. The zero-order valence-electron chi connectivity index (χ0n) is 13.9. The highest BCUT2D eigenvalue weighted by atomic mass is 16.5. The molecule has 2 saturated heterocycles. The van der Waals surface area contributed by atoms with E-state index in [1.807, 2.05) is 23.9 Å². The number of hydrogen-bond donors (Lipinski definition) is 0. The van der Waals surface area contributed by atoms with Gasteiger partial charge in [-0.3, -0.25) is 9.59 Å². The first-order valence-corrected chi connectivity index (χ1v) is 8.34. The fraction of sp³-hybridized carbons (Fsp3) is 0.875. The molecule has 0 saturated carbocycles. The van der Waals surface area contributed by atoms with E-state index in [0.717, 1.165) is 32.5 Å². The van der Waals surface area contributed by atoms with Gasteiger partial charge in [0.25, 0.3) is 0 Å². The van der Waals surface area contributed by atoms with Gasteiger partial charge in [-0.15, -0.1) is 0 Å². The topological polar surface area (TPSA) is 53.1 Å². The normalized spacial score (nSPS) is 23.8. The molecule has 0 N–H and O–H groups in total. The van der Waals surface area contributed by atoms with Crippen molar-refractivity contribution in [1.29, 1.82) is 0 Å². The van der Waals surface area contributed by atoms with Crippen molar-refractivity contribution >= 4 is 11.8 Å². The molecule has 2 heterocycles. The summed E-state index contributed by atoms with van der Waals surface area (Å²) in [5.74, 6) is 0.703. The van der Waals surface area contributed by atoms with Crippen molar-refractivity contribution in [3.63, 3.8) is 0 Å². The quantitative estimate of drug-likeness (QED) is 0.739. The smallest absolute Gasteiger partial charge is 0.224 e. The average molecular weight is 311 g/mol. The van der Waals surface area contributed by atoms with Crippen molar-refractivity contribution in [2.45, 2.75) is 25.7 Å². The van der Waals surface area contributed by atoms with Crippen molar-refractivity contribution in [3.05, 3.63) is 0 Å². The minimum atomic E-state index is 0.146. The Kier molecular flexibility index (Phi) is 6.64. The Labute approximate surface area is 133 Å². The highest BCUT2D eigenvalue weighted by Crippen LogP contribution is 2.13. The lowest BCUT2D eigenvalue weighted by Crippen LogP contribution is -2.42. The Morgan fingerprint density at radius 1 is 1.32 bits per heavy atom. The molecule has 0 aromatic rings. The first-order valence-electron chi connectivity index (χ1n) is 8.34. The molecule has 2 aliphatic heterocycles. The summed E-state index contributed by atoms with van der Waals surface area (Å²) in [6.45, 7) is 5.03. The van der Waals surface area contributed by atoms with Crippen molar-refractivity contribution in [1.82, 2.24) is 14.7 Å². The van der Waals surface area contributed by atoms with Crippen molar-refractivity contribution in [2.24, 2.45) is 5.92 Å². The number of carbonyl (C=O) groups is 2. The van der Waals surface area contributed by atoms with Gasteiger partial charge in [-0.25, -0.2) is 0 Å². The van der Waals surface area contributed by atoms with E-state index in [2.05, 4.69) is 4.90 Å². The fourth-order valence-electron chi connectivity index (χ4n) is 3.22. The molecule has 1 atom stereocenters. The van der Waals surface area contributed by atoms with E-state index in [0.29, 0.717) is 45.1 Å². The van der Waals surface area contributed by atoms with Crippen LogP contribution in [0, 0.1) is 5.92 Å². The van der Waals surface area contributed by atoms with Gasteiger partial charge in [-0.2, -0.15) is 0 Å². The van der Waals surface area contributed by atoms with Crippen LogP contribution in [-0.4, -0.2) is 86.5 Å². The van der Waals surface area contributed by atoms with Gasteiger partial charge in [0, 0.05) is 51.5 Å². The SMILES string of the molecule is CN(C)CC1COCCN(C(=O)CCN2CCCCC2=O)C1. The summed E-state index contributed by atoms with van der Waals surface area (Å²) in [4.78, 5) is 30.1. The molecule has 1 unspecified atom stereocenters. The molecule has 0 aromatic heterocycles. The summed E-state index contributed by atoms with van der Waals surface area (Å²) in [5.41, 5.74) is 0. The number of piperidine rings is 1. The summed E-state index contributed by atoms with van der Waals surface area (Å²) in [7, 11) is 4.08. The largest absolute Gasteiger partial charge is 0.379 e. The zero-order valence-corrected chi connectivity index (χ0v) is 13.9. The molecule has 6 nitrogen and oxygen atoms in total. The van der Waals surface area contributed by atoms with Gasteiger partial charge in [0.2, 0.25) is 11.8 Å². The molecule has 2 rings (SSSR count). The van der Waals surface area contributed by atoms with E-state index in [4.69, 9.17) is 4.74 Å². The first-order chi connectivity index (χ1) is 10.6. The molecular formula is C16H29N3O3. The van der Waals surface area contributed by atoms with Crippen LogP contribution in [0.15, 0.2) is 0 Å². The molecule has 0 aromatic carbocycles. The predicted octanol–water partition coefficient (Wildman–Crippen LogP) is 0.426. The third-order valence-electron chi connectivity index (χ3n) is 4.33. The number of likely N-dealkylation sites (tertiary alicyclic amines) is 1. The van der Waals surface area contributed by atoms with Crippen molar-refractivity contribution in [2.75, 3.05) is 60.0 Å². The van der Waals surface area contributed by atoms with Crippen LogP contribution in [0.5, 0.6) is 0 Å². The molecule has 0 spiro atoms. The van der Waals surface area contributed by atoms with Gasteiger partial charge >= 0.3 is 0 Å². The first kappa shape index (κ1) is 17.2. The van der Waals surface area contributed by atoms with Crippen LogP contribution in [0.1, 0.15) is 25.7 Å². The van der Waals surface area contributed by atoms with Gasteiger partial charge in [0.1, 0.15) is 0 Å². The molecule has 0 radical (unpaired) electrons. The van der Waals surface area contributed by atoms with Crippen molar-refractivity contribution in [3.8, 4) is 0 Å². The van der Waals surface area contributed by atoms with Crippen LogP contribution in [0.4, 0.5) is 0 Å². The van der Waals surface area contributed by atoms with Gasteiger partial charge in [-0.1, -0.05) is 0 Å². The number of rotatable bonds is 5. The minimum Gasteiger partial charge on any atom is -0.379 e. The summed E-state index contributed by atoms with van der Waals surface area (Å²) in [6, 6.07) is 0. The maximum absolute atomic E-state index is 12.5. The lowest BCUT2D eigenvalue weighted by atomic mass is 10.1. The molecule has 2 fully saturated rings. The van der Waals surface area contributed by atoms with Crippen LogP contribution < -0.4 is 0 Å². The second-order valence-electron chi connectivity index (χ2n) is 6.63. The standard InChI is InChI=1S/C16H29N3O3/c1-17(2)11-14-12-19(9-10-22-13-14)16(21)6-8-18-7-4-3-5-15(18)20/h14H,3-13H2,1-2H3. The third kappa shape index (κ3) is 5.25. The van der Waals surface area contributed by atoms with Crippen LogP contribution >= 0.6 is 0 Å². The maximum Gasteiger partial charge on any atom is 0.224 e. The van der Waals surface area contributed by atoms with Crippen molar-refractivity contribution < 1.29 is 14.3 Å². The summed E-state index contributed by atoms with van der Waals surface area (Å²) >= 11 is 0. The Morgan fingerprint density at radius 3 is 2.86 bits per heavy atom. The van der Waals surface area contributed by atoms with E-state index in [1.54, 1.807) is 0 Å². The average Bonchev–Trinajstić information content (AvgIpc) is 2.71. The molecule has 6 heteroatoms. The molecule has 0 bridgehead atoms.